The van der Waals surface area contributed by atoms with Crippen LogP contribution in [0.2, 0.25) is 0 Å². The lowest BCUT2D eigenvalue weighted by Gasteiger charge is -2.30. The predicted octanol–water partition coefficient (Wildman–Crippen LogP) is 2.97. The summed E-state index contributed by atoms with van der Waals surface area (Å²) in [6.07, 6.45) is 0.834. The summed E-state index contributed by atoms with van der Waals surface area (Å²) < 4.78 is 4.98. The number of thiophene rings is 1. The number of hydrogen-bond donors (Lipinski definition) is 1. The minimum Gasteiger partial charge on any atom is -0.480 e. The van der Waals surface area contributed by atoms with Crippen LogP contribution in [0.25, 0.3) is 0 Å². The molecule has 19 heavy (non-hydrogen) atoms. The molecule has 0 aliphatic carbocycles. The van der Waals surface area contributed by atoms with Crippen LogP contribution in [0.5, 0.6) is 0 Å². The van der Waals surface area contributed by atoms with Crippen LogP contribution in [-0.4, -0.2) is 23.7 Å². The molecule has 1 aromatic heterocycles. The Labute approximate surface area is 117 Å². The summed E-state index contributed by atoms with van der Waals surface area (Å²) in [7, 11) is 0. The maximum absolute atomic E-state index is 12.1. The zero-order valence-electron chi connectivity index (χ0n) is 11.5. The molecule has 0 saturated heterocycles. The molecule has 0 amide bonds. The third-order valence-corrected chi connectivity index (χ3v) is 4.29. The van der Waals surface area contributed by atoms with E-state index in [0.29, 0.717) is 6.42 Å². The van der Waals surface area contributed by atoms with Gasteiger partial charge in [-0.2, -0.15) is 0 Å². The summed E-state index contributed by atoms with van der Waals surface area (Å²) in [6, 6.07) is 3.87. The standard InChI is InChI=1S/C14H20O4S/c1-4-18-13(17)14(10(2)3,12(15)16)8-7-11-6-5-9-19-11/h5-6,9-10H,4,7-8H2,1-3H3,(H,15,16). The zero-order chi connectivity index (χ0) is 14.5. The first-order valence-electron chi connectivity index (χ1n) is 6.38. The molecule has 1 N–H and O–H groups in total. The Bertz CT molecular complexity index is 425. The number of esters is 1. The summed E-state index contributed by atoms with van der Waals surface area (Å²) in [4.78, 5) is 24.8. The summed E-state index contributed by atoms with van der Waals surface area (Å²) in [5.41, 5.74) is -1.46. The Balaban J connectivity index is 2.95. The maximum atomic E-state index is 12.1. The van der Waals surface area contributed by atoms with Crippen molar-refractivity contribution in [3.05, 3.63) is 22.4 Å². The molecule has 1 heterocycles. The average molecular weight is 284 g/mol. The summed E-state index contributed by atoms with van der Waals surface area (Å²) >= 11 is 1.57. The number of carboxylic acids is 1. The van der Waals surface area contributed by atoms with Crippen LogP contribution in [0.1, 0.15) is 32.1 Å². The largest absolute Gasteiger partial charge is 0.480 e. The lowest BCUT2D eigenvalue weighted by atomic mass is 9.73. The fourth-order valence-corrected chi connectivity index (χ4v) is 2.81. The van der Waals surface area contributed by atoms with Crippen molar-refractivity contribution >= 4 is 23.3 Å². The molecule has 0 radical (unpaired) electrons. The van der Waals surface area contributed by atoms with Gasteiger partial charge in [-0.1, -0.05) is 19.9 Å². The highest BCUT2D eigenvalue weighted by Gasteiger charge is 2.50. The molecule has 0 aliphatic heterocycles. The van der Waals surface area contributed by atoms with Gasteiger partial charge >= 0.3 is 11.9 Å². The van der Waals surface area contributed by atoms with Gasteiger partial charge in [-0.25, -0.2) is 0 Å². The summed E-state index contributed by atoms with van der Waals surface area (Å²) in [5.74, 6) is -2.05. The second-order valence-corrected chi connectivity index (χ2v) is 5.76. The van der Waals surface area contributed by atoms with Gasteiger partial charge in [0.05, 0.1) is 6.61 Å². The molecule has 0 fully saturated rings. The predicted molar refractivity (Wildman–Crippen MR) is 74.2 cm³/mol. The van der Waals surface area contributed by atoms with Gasteiger partial charge in [-0.3, -0.25) is 9.59 Å². The van der Waals surface area contributed by atoms with Crippen molar-refractivity contribution in [2.45, 2.75) is 33.6 Å². The highest BCUT2D eigenvalue weighted by atomic mass is 32.1. The molecule has 1 unspecified atom stereocenters. The van der Waals surface area contributed by atoms with Crippen LogP contribution in [0, 0.1) is 11.3 Å². The molecular formula is C14H20O4S. The Morgan fingerprint density at radius 3 is 2.58 bits per heavy atom. The number of hydrogen-bond acceptors (Lipinski definition) is 4. The Morgan fingerprint density at radius 1 is 1.47 bits per heavy atom. The molecule has 5 heteroatoms. The van der Waals surface area contributed by atoms with E-state index in [1.807, 2.05) is 17.5 Å². The quantitative estimate of drug-likeness (QED) is 0.617. The minimum atomic E-state index is -1.46. The number of carbonyl (C=O) groups is 2. The van der Waals surface area contributed by atoms with E-state index < -0.39 is 17.4 Å². The molecule has 0 spiro atoms. The average Bonchev–Trinajstić information content (AvgIpc) is 2.82. The molecule has 0 saturated carbocycles. The Kier molecular flexibility index (Phi) is 5.54. The Morgan fingerprint density at radius 2 is 2.16 bits per heavy atom. The number of carboxylic acid groups (broad SMARTS) is 1. The second-order valence-electron chi connectivity index (χ2n) is 4.73. The molecule has 0 bridgehead atoms. The van der Waals surface area contributed by atoms with Gasteiger partial charge in [0, 0.05) is 4.88 Å². The number of carbonyl (C=O) groups excluding carboxylic acids is 1. The maximum Gasteiger partial charge on any atom is 0.323 e. The van der Waals surface area contributed by atoms with Crippen LogP contribution in [0.3, 0.4) is 0 Å². The molecule has 1 aromatic rings. The molecular weight excluding hydrogens is 264 g/mol. The fraction of sp³-hybridized carbons (Fsp3) is 0.571. The van der Waals surface area contributed by atoms with Crippen molar-refractivity contribution in [1.82, 2.24) is 0 Å². The lowest BCUT2D eigenvalue weighted by molar-refractivity contribution is -0.173. The van der Waals surface area contributed by atoms with Crippen LogP contribution in [0.4, 0.5) is 0 Å². The molecule has 0 aromatic carbocycles. The van der Waals surface area contributed by atoms with Crippen LogP contribution >= 0.6 is 11.3 Å². The molecule has 4 nitrogen and oxygen atoms in total. The van der Waals surface area contributed by atoms with Crippen LogP contribution < -0.4 is 0 Å². The van der Waals surface area contributed by atoms with Gasteiger partial charge in [-0.15, -0.1) is 11.3 Å². The molecule has 1 atom stereocenters. The number of ether oxygens (including phenoxy) is 1. The second kappa shape index (κ2) is 6.70. The third-order valence-electron chi connectivity index (χ3n) is 3.35. The normalized spacial score (nSPS) is 14.1. The van der Waals surface area contributed by atoms with Gasteiger partial charge in [0.2, 0.25) is 0 Å². The third kappa shape index (κ3) is 3.35. The SMILES string of the molecule is CCOC(=O)C(CCc1cccs1)(C(=O)O)C(C)C. The van der Waals surface area contributed by atoms with E-state index in [0.717, 1.165) is 4.88 Å². The van der Waals surface area contributed by atoms with Gasteiger partial charge in [-0.05, 0) is 37.1 Å². The number of aryl methyl sites for hydroxylation is 1. The molecule has 0 aliphatic rings. The van der Waals surface area contributed by atoms with E-state index in [1.54, 1.807) is 32.1 Å². The summed E-state index contributed by atoms with van der Waals surface area (Å²) in [5, 5.41) is 11.5. The highest BCUT2D eigenvalue weighted by molar-refractivity contribution is 7.09. The minimum absolute atomic E-state index is 0.194. The van der Waals surface area contributed by atoms with E-state index in [-0.39, 0.29) is 18.9 Å². The van der Waals surface area contributed by atoms with Crippen molar-refractivity contribution in [2.75, 3.05) is 6.61 Å². The van der Waals surface area contributed by atoms with Crippen molar-refractivity contribution in [3.8, 4) is 0 Å². The van der Waals surface area contributed by atoms with Gasteiger partial charge in [0.15, 0.2) is 5.41 Å². The van der Waals surface area contributed by atoms with E-state index in [2.05, 4.69) is 0 Å². The van der Waals surface area contributed by atoms with Gasteiger partial charge < -0.3 is 9.84 Å². The van der Waals surface area contributed by atoms with Crippen LogP contribution in [0.15, 0.2) is 17.5 Å². The monoisotopic (exact) mass is 284 g/mol. The Hall–Kier alpha value is -1.36. The van der Waals surface area contributed by atoms with Crippen LogP contribution in [-0.2, 0) is 20.7 Å². The van der Waals surface area contributed by atoms with Crippen molar-refractivity contribution in [2.24, 2.45) is 11.3 Å². The van der Waals surface area contributed by atoms with E-state index in [4.69, 9.17) is 4.74 Å². The van der Waals surface area contributed by atoms with E-state index in [1.165, 1.54) is 0 Å². The van der Waals surface area contributed by atoms with E-state index >= 15 is 0 Å². The first-order chi connectivity index (χ1) is 8.95. The van der Waals surface area contributed by atoms with E-state index in [9.17, 15) is 14.7 Å². The smallest absolute Gasteiger partial charge is 0.323 e. The van der Waals surface area contributed by atoms with Gasteiger partial charge in [0.1, 0.15) is 0 Å². The van der Waals surface area contributed by atoms with Crippen molar-refractivity contribution in [3.63, 3.8) is 0 Å². The topological polar surface area (TPSA) is 63.6 Å². The lowest BCUT2D eigenvalue weighted by Crippen LogP contribution is -2.45. The van der Waals surface area contributed by atoms with Gasteiger partial charge in [0.25, 0.3) is 0 Å². The number of aliphatic carboxylic acids is 1. The first-order valence-corrected chi connectivity index (χ1v) is 7.26. The van der Waals surface area contributed by atoms with Crippen molar-refractivity contribution < 1.29 is 19.4 Å². The molecule has 1 rings (SSSR count). The van der Waals surface area contributed by atoms with Crippen molar-refractivity contribution in [1.29, 1.82) is 0 Å². The first kappa shape index (κ1) is 15.7. The zero-order valence-corrected chi connectivity index (χ0v) is 12.3. The summed E-state index contributed by atoms with van der Waals surface area (Å²) in [6.45, 7) is 5.38. The highest BCUT2D eigenvalue weighted by Crippen LogP contribution is 2.35. The number of rotatable bonds is 7. The molecule has 106 valence electrons. The fourth-order valence-electron chi connectivity index (χ4n) is 2.10.